The molecule has 0 saturated heterocycles. The Labute approximate surface area is 328 Å². The molecule has 3 aromatic carbocycles. The van der Waals surface area contributed by atoms with E-state index in [4.69, 9.17) is 14.2 Å². The molecule has 2 heterocycles. The number of nitriles is 1. The van der Waals surface area contributed by atoms with Crippen LogP contribution < -0.4 is 25.4 Å². The molecule has 4 aromatic rings. The largest absolute Gasteiger partial charge is 0.497 e. The molecular formula is C41H43N5O7S2. The Kier molecular flexibility index (Phi) is 13.2. The van der Waals surface area contributed by atoms with E-state index >= 15 is 0 Å². The molecule has 55 heavy (non-hydrogen) atoms. The predicted octanol–water partition coefficient (Wildman–Crippen LogP) is 7.85. The van der Waals surface area contributed by atoms with E-state index in [2.05, 4.69) is 22.0 Å². The first-order chi connectivity index (χ1) is 26.3. The third kappa shape index (κ3) is 10.5. The molecule has 0 radical (unpaired) electrons. The molecule has 0 saturated carbocycles. The minimum absolute atomic E-state index is 0.0256. The van der Waals surface area contributed by atoms with Gasteiger partial charge >= 0.3 is 6.09 Å². The zero-order valence-electron chi connectivity index (χ0n) is 31.5. The summed E-state index contributed by atoms with van der Waals surface area (Å²) in [4.78, 5) is 56.5. The molecule has 0 spiro atoms. The van der Waals surface area contributed by atoms with Gasteiger partial charge in [-0.3, -0.25) is 14.4 Å². The van der Waals surface area contributed by atoms with Gasteiger partial charge in [0.05, 0.1) is 31.6 Å². The highest BCUT2D eigenvalue weighted by Gasteiger charge is 2.31. The number of carbonyl (C=O) groups is 4. The van der Waals surface area contributed by atoms with Gasteiger partial charge in [-0.2, -0.15) is 5.26 Å². The molecule has 5 rings (SSSR count). The number of carbonyl (C=O) groups excluding carboxylic acids is 4. The summed E-state index contributed by atoms with van der Waals surface area (Å²) in [5.41, 5.74) is 1.95. The van der Waals surface area contributed by atoms with Crippen molar-refractivity contribution in [3.63, 3.8) is 0 Å². The molecule has 0 aliphatic carbocycles. The van der Waals surface area contributed by atoms with Gasteiger partial charge in [0, 0.05) is 39.2 Å². The lowest BCUT2D eigenvalue weighted by molar-refractivity contribution is -0.116. The van der Waals surface area contributed by atoms with Crippen molar-refractivity contribution in [3.05, 3.63) is 106 Å². The van der Waals surface area contributed by atoms with Gasteiger partial charge in [0.15, 0.2) is 0 Å². The van der Waals surface area contributed by atoms with Crippen LogP contribution in [0.25, 0.3) is 6.08 Å². The van der Waals surface area contributed by atoms with Gasteiger partial charge in [-0.05, 0) is 87.7 Å². The summed E-state index contributed by atoms with van der Waals surface area (Å²) in [5, 5.41) is 18.5. The van der Waals surface area contributed by atoms with Gasteiger partial charge in [-0.1, -0.05) is 31.2 Å². The van der Waals surface area contributed by atoms with Crippen LogP contribution in [0, 0.1) is 11.3 Å². The summed E-state index contributed by atoms with van der Waals surface area (Å²) >= 11 is 2.62. The Bertz CT molecular complexity index is 2140. The molecule has 3 N–H and O–H groups in total. The van der Waals surface area contributed by atoms with Crippen molar-refractivity contribution in [3.8, 4) is 17.6 Å². The molecule has 0 bridgehead atoms. The van der Waals surface area contributed by atoms with Gasteiger partial charge in [-0.25, -0.2) is 4.79 Å². The first-order valence-electron chi connectivity index (χ1n) is 17.5. The van der Waals surface area contributed by atoms with Crippen LogP contribution >= 0.6 is 23.1 Å². The molecule has 0 fully saturated rings. The average molecular weight is 782 g/mol. The maximum atomic E-state index is 13.8. The number of hydrogen-bond acceptors (Lipinski definition) is 10. The maximum absolute atomic E-state index is 13.8. The van der Waals surface area contributed by atoms with Crippen molar-refractivity contribution in [2.45, 2.75) is 62.8 Å². The third-order valence-corrected chi connectivity index (χ3v) is 10.9. The minimum Gasteiger partial charge on any atom is -0.497 e. The minimum atomic E-state index is -0.631. The summed E-state index contributed by atoms with van der Waals surface area (Å²) in [6.45, 7) is 8.04. The molecule has 14 heteroatoms. The van der Waals surface area contributed by atoms with Crippen LogP contribution in [0.2, 0.25) is 0 Å². The van der Waals surface area contributed by atoms with E-state index in [1.807, 2.05) is 33.8 Å². The monoisotopic (exact) mass is 781 g/mol. The van der Waals surface area contributed by atoms with E-state index in [0.29, 0.717) is 64.8 Å². The van der Waals surface area contributed by atoms with Gasteiger partial charge in [0.2, 0.25) is 5.91 Å². The fourth-order valence-corrected chi connectivity index (χ4v) is 7.88. The number of thiophene rings is 1. The Balaban J connectivity index is 1.31. The smallest absolute Gasteiger partial charge is 0.410 e. The van der Waals surface area contributed by atoms with Crippen LogP contribution in [0.1, 0.15) is 66.0 Å². The van der Waals surface area contributed by atoms with Crippen LogP contribution in [0.3, 0.4) is 0 Å². The fourth-order valence-electron chi connectivity index (χ4n) is 5.65. The highest BCUT2D eigenvalue weighted by molar-refractivity contribution is 8.00. The van der Waals surface area contributed by atoms with Gasteiger partial charge in [0.1, 0.15) is 33.9 Å². The second-order valence-corrected chi connectivity index (χ2v) is 15.8. The Morgan fingerprint density at radius 1 is 1.00 bits per heavy atom. The van der Waals surface area contributed by atoms with Crippen LogP contribution in [0.5, 0.6) is 11.5 Å². The second-order valence-electron chi connectivity index (χ2n) is 13.4. The fraction of sp³-hybridized carbons (Fsp3) is 0.293. The average Bonchev–Trinajstić information content (AvgIpc) is 3.52. The number of benzene rings is 3. The highest BCUT2D eigenvalue weighted by Crippen LogP contribution is 2.38. The van der Waals surface area contributed by atoms with Crippen LogP contribution in [0.4, 0.5) is 15.5 Å². The lowest BCUT2D eigenvalue weighted by atomic mass is 10.0. The zero-order valence-corrected chi connectivity index (χ0v) is 33.1. The van der Waals surface area contributed by atoms with Crippen LogP contribution in [-0.4, -0.2) is 60.3 Å². The number of hydrogen-bond donors (Lipinski definition) is 3. The topological polar surface area (TPSA) is 159 Å². The number of nitrogens with zero attached hydrogens (tertiary/aromatic N) is 2. The molecule has 1 aliphatic rings. The van der Waals surface area contributed by atoms with Crippen molar-refractivity contribution in [1.29, 1.82) is 5.26 Å². The highest BCUT2D eigenvalue weighted by atomic mass is 32.2. The van der Waals surface area contributed by atoms with Gasteiger partial charge < -0.3 is 35.1 Å². The van der Waals surface area contributed by atoms with E-state index in [0.717, 1.165) is 15.3 Å². The number of amides is 4. The number of ether oxygens (including phenoxy) is 3. The lowest BCUT2D eigenvalue weighted by Crippen LogP contribution is -2.39. The van der Waals surface area contributed by atoms with Crippen LogP contribution in [0.15, 0.2) is 83.4 Å². The zero-order chi connectivity index (χ0) is 39.7. The van der Waals surface area contributed by atoms with Gasteiger partial charge in [-0.15, -0.1) is 23.1 Å². The number of fused-ring (bicyclic) bond motifs is 1. The molecule has 286 valence electrons. The molecule has 1 unspecified atom stereocenters. The first kappa shape index (κ1) is 40.4. The Morgan fingerprint density at radius 2 is 1.76 bits per heavy atom. The molecular weight excluding hydrogens is 739 g/mol. The number of methoxy groups -OCH3 is 2. The summed E-state index contributed by atoms with van der Waals surface area (Å²) < 4.78 is 16.4. The van der Waals surface area contributed by atoms with Crippen molar-refractivity contribution >= 4 is 63.7 Å². The number of thioether (sulfide) groups is 1. The quantitative estimate of drug-likeness (QED) is 0.0962. The lowest BCUT2D eigenvalue weighted by Gasteiger charge is -2.29. The molecule has 1 aliphatic heterocycles. The van der Waals surface area contributed by atoms with E-state index in [1.165, 1.54) is 43.4 Å². The number of nitrogens with one attached hydrogen (secondary N) is 3. The van der Waals surface area contributed by atoms with Crippen LogP contribution in [-0.2, 0) is 27.3 Å². The van der Waals surface area contributed by atoms with Crippen molar-refractivity contribution in [1.82, 2.24) is 10.2 Å². The molecule has 1 aromatic heterocycles. The summed E-state index contributed by atoms with van der Waals surface area (Å²) in [6, 6.07) is 23.0. The maximum Gasteiger partial charge on any atom is 0.410 e. The predicted molar refractivity (Wildman–Crippen MR) is 214 cm³/mol. The summed E-state index contributed by atoms with van der Waals surface area (Å²) in [7, 11) is 3.04. The standard InChI is InChI=1S/C41H43N5O7S2/c1-7-34(38(49)45-39-31(23-42)30-18-19-46(24-35(30)55-39)40(50)53-41(2,3)4)54-29-15-11-14-27(21-29)43-37(48)32(44-36(47)25-12-9-8-10-13-25)20-26-16-17-28(51-5)22-33(26)52-6/h8-17,20-22,34H,7,18-19,24H2,1-6H3,(H,43,48)(H,44,47)(H,45,49)/b32-20+. The van der Waals surface area contributed by atoms with E-state index in [-0.39, 0.29) is 11.6 Å². The molecule has 1 atom stereocenters. The van der Waals surface area contributed by atoms with Gasteiger partial charge in [0.25, 0.3) is 11.8 Å². The Morgan fingerprint density at radius 3 is 2.44 bits per heavy atom. The third-order valence-electron chi connectivity index (χ3n) is 8.36. The van der Waals surface area contributed by atoms with Crippen molar-refractivity contribution in [2.75, 3.05) is 31.4 Å². The van der Waals surface area contributed by atoms with E-state index < -0.39 is 28.8 Å². The first-order valence-corrected chi connectivity index (χ1v) is 19.2. The summed E-state index contributed by atoms with van der Waals surface area (Å²) in [5.74, 6) is -0.322. The number of anilines is 2. The number of rotatable bonds is 12. The molecule has 12 nitrogen and oxygen atoms in total. The summed E-state index contributed by atoms with van der Waals surface area (Å²) in [6.07, 6.45) is 2.07. The van der Waals surface area contributed by atoms with E-state index in [1.54, 1.807) is 71.6 Å². The van der Waals surface area contributed by atoms with E-state index in [9.17, 15) is 24.4 Å². The second kappa shape index (κ2) is 18.0. The van der Waals surface area contributed by atoms with Crippen molar-refractivity contribution in [2.24, 2.45) is 0 Å². The van der Waals surface area contributed by atoms with Crippen molar-refractivity contribution < 1.29 is 33.4 Å². The SMILES string of the molecule is CCC(Sc1cccc(NC(=O)/C(=C\c2ccc(OC)cc2OC)NC(=O)c2ccccc2)c1)C(=O)Nc1sc2c(c1C#N)CCN(C(=O)OC(C)(C)C)C2. The Hall–Kier alpha value is -5.78. The molecule has 4 amide bonds. The normalized spacial score (nSPS) is 13.1.